The molecule has 0 bridgehead atoms. The number of anilines is 2. The maximum absolute atomic E-state index is 12.8. The first-order chi connectivity index (χ1) is 15.6. The van der Waals surface area contributed by atoms with Crippen LogP contribution in [0.4, 0.5) is 11.5 Å². The molecular weight excluding hydrogens is 462 g/mol. The topological polar surface area (TPSA) is 148 Å². The quantitative estimate of drug-likeness (QED) is 0.364. The second-order valence-electron chi connectivity index (χ2n) is 7.81. The van der Waals surface area contributed by atoms with Gasteiger partial charge in [-0.2, -0.15) is 0 Å². The number of nitrogens with zero attached hydrogens (tertiary/aromatic N) is 2. The summed E-state index contributed by atoms with van der Waals surface area (Å²) in [5.74, 6) is 0.921. The molecule has 0 spiro atoms. The predicted octanol–water partition coefficient (Wildman–Crippen LogP) is 3.12. The van der Waals surface area contributed by atoms with E-state index in [4.69, 9.17) is 5.14 Å². The lowest BCUT2D eigenvalue weighted by Gasteiger charge is -2.15. The average Bonchev–Trinajstić information content (AvgIpc) is 3.22. The highest BCUT2D eigenvalue weighted by Gasteiger charge is 2.23. The molecule has 0 saturated heterocycles. The molecule has 4 N–H and O–H groups in total. The largest absolute Gasteiger partial charge is 0.357 e. The number of sulfonamides is 1. The molecule has 0 unspecified atom stereocenters. The van der Waals surface area contributed by atoms with Crippen LogP contribution in [-0.2, 0) is 26.3 Å². The molecule has 0 aliphatic heterocycles. The highest BCUT2D eigenvalue weighted by Crippen LogP contribution is 2.29. The highest BCUT2D eigenvalue weighted by atomic mass is 32.2. The van der Waals surface area contributed by atoms with E-state index in [9.17, 15) is 16.8 Å². The van der Waals surface area contributed by atoms with Gasteiger partial charge in [0, 0.05) is 12.6 Å². The molecule has 4 rings (SSSR count). The van der Waals surface area contributed by atoms with Gasteiger partial charge in [-0.1, -0.05) is 24.3 Å². The Bertz CT molecular complexity index is 1530. The van der Waals surface area contributed by atoms with Crippen molar-refractivity contribution in [2.45, 2.75) is 35.3 Å². The molecule has 172 valence electrons. The molecule has 0 amide bonds. The Hall–Kier alpha value is -3.28. The third-order valence-corrected chi connectivity index (χ3v) is 8.27. The summed E-state index contributed by atoms with van der Waals surface area (Å²) in [4.78, 5) is 12.5. The predicted molar refractivity (Wildman–Crippen MR) is 127 cm³/mol. The van der Waals surface area contributed by atoms with Crippen LogP contribution >= 0.6 is 0 Å². The molecule has 4 aromatic rings. The average molecular weight is 486 g/mol. The van der Waals surface area contributed by atoms with E-state index in [2.05, 4.69) is 20.3 Å². The van der Waals surface area contributed by atoms with Gasteiger partial charge in [0.1, 0.15) is 11.3 Å². The number of nitrogens with one attached hydrogen (secondary N) is 2. The van der Waals surface area contributed by atoms with Crippen LogP contribution in [0.1, 0.15) is 25.2 Å². The van der Waals surface area contributed by atoms with Gasteiger partial charge in [-0.15, -0.1) is 0 Å². The number of aromatic amines is 1. The first kappa shape index (κ1) is 22.9. The summed E-state index contributed by atoms with van der Waals surface area (Å²) in [6, 6.07) is 14.7. The third-order valence-electron chi connectivity index (χ3n) is 5.13. The lowest BCUT2D eigenvalue weighted by atomic mass is 10.1. The molecule has 0 fully saturated rings. The normalized spacial score (nSPS) is 12.4. The van der Waals surface area contributed by atoms with E-state index in [0.717, 1.165) is 5.56 Å². The van der Waals surface area contributed by atoms with Crippen molar-refractivity contribution < 1.29 is 16.8 Å². The summed E-state index contributed by atoms with van der Waals surface area (Å²) in [7, 11) is -7.29. The smallest absolute Gasteiger partial charge is 0.238 e. The van der Waals surface area contributed by atoms with Gasteiger partial charge in [0.05, 0.1) is 26.2 Å². The van der Waals surface area contributed by atoms with Gasteiger partial charge < -0.3 is 10.3 Å². The van der Waals surface area contributed by atoms with Gasteiger partial charge in [0.25, 0.3) is 0 Å². The summed E-state index contributed by atoms with van der Waals surface area (Å²) in [5.41, 5.74) is 2.52. The summed E-state index contributed by atoms with van der Waals surface area (Å²) in [6.07, 6.45) is 2.07. The van der Waals surface area contributed by atoms with Crippen molar-refractivity contribution in [3.05, 3.63) is 72.2 Å². The van der Waals surface area contributed by atoms with Crippen LogP contribution in [0.25, 0.3) is 11.0 Å². The molecule has 2 aromatic heterocycles. The van der Waals surface area contributed by atoms with E-state index in [1.807, 2.05) is 0 Å². The van der Waals surface area contributed by atoms with Crippen LogP contribution in [0.5, 0.6) is 0 Å². The fourth-order valence-electron chi connectivity index (χ4n) is 3.34. The van der Waals surface area contributed by atoms with E-state index >= 15 is 0 Å². The number of hydrogen-bond acceptors (Lipinski definition) is 7. The maximum atomic E-state index is 12.8. The molecule has 9 nitrogen and oxygen atoms in total. The van der Waals surface area contributed by atoms with Crippen molar-refractivity contribution in [2.75, 3.05) is 5.32 Å². The van der Waals surface area contributed by atoms with Crippen LogP contribution < -0.4 is 10.5 Å². The van der Waals surface area contributed by atoms with Gasteiger partial charge in [-0.3, -0.25) is 0 Å². The molecule has 0 radical (unpaired) electrons. The number of H-pyrrole nitrogens is 1. The van der Waals surface area contributed by atoms with Gasteiger partial charge in [-0.25, -0.2) is 31.9 Å². The SMILES string of the molecule is CC(C)S(=O)(=O)c1ccccc1Nc1nc(Cc2ccc(S(N)(=O)=O)cc2)nc2cc[nH]c12. The van der Waals surface area contributed by atoms with Crippen LogP contribution in [0, 0.1) is 0 Å². The zero-order valence-corrected chi connectivity index (χ0v) is 19.6. The van der Waals surface area contributed by atoms with E-state index in [-0.39, 0.29) is 9.79 Å². The summed E-state index contributed by atoms with van der Waals surface area (Å²) in [5, 5.41) is 7.74. The molecule has 11 heteroatoms. The minimum absolute atomic E-state index is 0.0265. The number of fused-ring (bicyclic) bond motifs is 1. The molecule has 0 aliphatic carbocycles. The molecular formula is C22H23N5O4S2. The monoisotopic (exact) mass is 485 g/mol. The van der Waals surface area contributed by atoms with Crippen LogP contribution in [-0.4, -0.2) is 37.0 Å². The lowest BCUT2D eigenvalue weighted by Crippen LogP contribution is -2.15. The number of para-hydroxylation sites is 1. The number of sulfone groups is 1. The molecule has 2 aromatic carbocycles. The van der Waals surface area contributed by atoms with Crippen molar-refractivity contribution in [2.24, 2.45) is 5.14 Å². The van der Waals surface area contributed by atoms with Gasteiger partial charge in [0.2, 0.25) is 10.0 Å². The zero-order chi connectivity index (χ0) is 23.8. The highest BCUT2D eigenvalue weighted by molar-refractivity contribution is 7.92. The Kier molecular flexibility index (Phi) is 5.95. The standard InChI is InChI=1S/C22H23N5O4S2/c1-14(2)32(28,29)19-6-4-3-5-17(19)26-22-21-18(11-12-24-21)25-20(27-22)13-15-7-9-16(10-8-15)33(23,30)31/h3-12,14,24H,13H2,1-2H3,(H2,23,30,31)(H,25,26,27). The van der Waals surface area contributed by atoms with Crippen molar-refractivity contribution in [1.82, 2.24) is 15.0 Å². The van der Waals surface area contributed by atoms with E-state index in [1.165, 1.54) is 12.1 Å². The van der Waals surface area contributed by atoms with Crippen molar-refractivity contribution in [1.29, 1.82) is 0 Å². The number of nitrogens with two attached hydrogens (primary N) is 1. The second kappa shape index (κ2) is 8.58. The summed E-state index contributed by atoms with van der Waals surface area (Å²) in [6.45, 7) is 3.28. The van der Waals surface area contributed by atoms with Crippen molar-refractivity contribution >= 4 is 42.4 Å². The van der Waals surface area contributed by atoms with Gasteiger partial charge in [-0.05, 0) is 49.7 Å². The van der Waals surface area contributed by atoms with Crippen LogP contribution in [0.3, 0.4) is 0 Å². The molecule has 0 saturated carbocycles. The summed E-state index contributed by atoms with van der Waals surface area (Å²) >= 11 is 0. The lowest BCUT2D eigenvalue weighted by molar-refractivity contribution is 0.587. The zero-order valence-electron chi connectivity index (χ0n) is 18.0. The number of hydrogen-bond donors (Lipinski definition) is 3. The number of rotatable bonds is 7. The first-order valence-electron chi connectivity index (χ1n) is 10.1. The molecule has 2 heterocycles. The minimum atomic E-state index is -3.77. The Labute approximate surface area is 192 Å². The van der Waals surface area contributed by atoms with E-state index in [0.29, 0.717) is 34.8 Å². The Morgan fingerprint density at radius 1 is 0.970 bits per heavy atom. The van der Waals surface area contributed by atoms with E-state index < -0.39 is 25.1 Å². The second-order valence-corrected chi connectivity index (χ2v) is 11.8. The Morgan fingerprint density at radius 3 is 2.33 bits per heavy atom. The number of primary sulfonamides is 1. The minimum Gasteiger partial charge on any atom is -0.357 e. The third kappa shape index (κ3) is 4.75. The van der Waals surface area contributed by atoms with Crippen molar-refractivity contribution in [3.8, 4) is 0 Å². The Balaban J connectivity index is 1.72. The van der Waals surface area contributed by atoms with Crippen LogP contribution in [0.15, 0.2) is 70.6 Å². The molecule has 0 atom stereocenters. The molecule has 33 heavy (non-hydrogen) atoms. The van der Waals surface area contributed by atoms with Gasteiger partial charge >= 0.3 is 0 Å². The summed E-state index contributed by atoms with van der Waals surface area (Å²) < 4.78 is 48.6. The fraction of sp³-hybridized carbons (Fsp3) is 0.182. The Morgan fingerprint density at radius 2 is 1.67 bits per heavy atom. The van der Waals surface area contributed by atoms with Crippen molar-refractivity contribution in [3.63, 3.8) is 0 Å². The number of aromatic nitrogens is 3. The fourth-order valence-corrected chi connectivity index (χ4v) is 5.06. The first-order valence-corrected chi connectivity index (χ1v) is 13.2. The van der Waals surface area contributed by atoms with E-state index in [1.54, 1.807) is 62.5 Å². The maximum Gasteiger partial charge on any atom is 0.238 e. The number of benzene rings is 2. The van der Waals surface area contributed by atoms with Gasteiger partial charge in [0.15, 0.2) is 15.7 Å². The molecule has 0 aliphatic rings. The van der Waals surface area contributed by atoms with Crippen LogP contribution in [0.2, 0.25) is 0 Å².